The van der Waals surface area contributed by atoms with Crippen molar-refractivity contribution in [2.45, 2.75) is 38.0 Å². The maximum Gasteiger partial charge on any atom is 0.332 e. The number of rotatable bonds is 5. The standard InChI is InChI=1S/C17H19N3O4/c1-11(19-16(21)14-7-8-15(24-14)17(22)23)12-3-5-13(6-4-12)20-10-2-9-18-20/h2-6,9-11,14-15H,7-8H2,1H3,(H,19,21)(H,22,23)/t11?,14-,15+/m0/s1. The van der Waals surface area contributed by atoms with Gasteiger partial charge in [0.2, 0.25) is 5.91 Å². The number of carboxylic acids is 1. The SMILES string of the molecule is CC(NC(=O)[C@@H]1CC[C@H](C(=O)O)O1)c1ccc(-n2cccn2)cc1. The smallest absolute Gasteiger partial charge is 0.332 e. The summed E-state index contributed by atoms with van der Waals surface area (Å²) < 4.78 is 7.02. The van der Waals surface area contributed by atoms with Gasteiger partial charge >= 0.3 is 5.97 Å². The highest BCUT2D eigenvalue weighted by Crippen LogP contribution is 2.21. The van der Waals surface area contributed by atoms with Crippen molar-refractivity contribution in [3.8, 4) is 5.69 Å². The molecule has 0 radical (unpaired) electrons. The molecule has 24 heavy (non-hydrogen) atoms. The van der Waals surface area contributed by atoms with Crippen LogP contribution >= 0.6 is 0 Å². The van der Waals surface area contributed by atoms with Crippen molar-refractivity contribution in [2.75, 3.05) is 0 Å². The number of aromatic nitrogens is 2. The summed E-state index contributed by atoms with van der Waals surface area (Å²) in [7, 11) is 0. The van der Waals surface area contributed by atoms with Gasteiger partial charge in [-0.3, -0.25) is 4.79 Å². The molecule has 3 atom stereocenters. The van der Waals surface area contributed by atoms with Gasteiger partial charge in [0.25, 0.3) is 0 Å². The van der Waals surface area contributed by atoms with E-state index in [1.54, 1.807) is 10.9 Å². The minimum absolute atomic E-state index is 0.198. The van der Waals surface area contributed by atoms with Gasteiger partial charge in [-0.05, 0) is 43.5 Å². The highest BCUT2D eigenvalue weighted by Gasteiger charge is 2.35. The lowest BCUT2D eigenvalue weighted by atomic mass is 10.1. The normalized spacial score (nSPS) is 21.4. The molecule has 0 spiro atoms. The summed E-state index contributed by atoms with van der Waals surface area (Å²) in [6.07, 6.45) is 2.77. The Hall–Kier alpha value is -2.67. The average Bonchev–Trinajstić information content (AvgIpc) is 3.26. The summed E-state index contributed by atoms with van der Waals surface area (Å²) in [5.74, 6) is -1.30. The fourth-order valence-electron chi connectivity index (χ4n) is 2.74. The molecule has 3 rings (SSSR count). The summed E-state index contributed by atoms with van der Waals surface area (Å²) in [6.45, 7) is 1.88. The molecule has 2 heterocycles. The summed E-state index contributed by atoms with van der Waals surface area (Å²) in [6, 6.07) is 9.36. The van der Waals surface area contributed by atoms with E-state index in [1.807, 2.05) is 43.5 Å². The van der Waals surface area contributed by atoms with Crippen LogP contribution < -0.4 is 5.32 Å². The van der Waals surface area contributed by atoms with E-state index < -0.39 is 18.2 Å². The number of hydrogen-bond acceptors (Lipinski definition) is 4. The monoisotopic (exact) mass is 329 g/mol. The van der Waals surface area contributed by atoms with E-state index in [0.717, 1.165) is 11.3 Å². The number of aliphatic carboxylic acids is 1. The summed E-state index contributed by atoms with van der Waals surface area (Å²) in [4.78, 5) is 23.1. The molecule has 1 aromatic carbocycles. The molecule has 1 aromatic heterocycles. The molecule has 2 N–H and O–H groups in total. The van der Waals surface area contributed by atoms with Crippen LogP contribution in [0.3, 0.4) is 0 Å². The van der Waals surface area contributed by atoms with Crippen LogP contribution in [-0.4, -0.2) is 39.0 Å². The van der Waals surface area contributed by atoms with Crippen LogP contribution in [0, 0.1) is 0 Å². The molecule has 1 aliphatic rings. The van der Waals surface area contributed by atoms with Crippen LogP contribution in [0.15, 0.2) is 42.7 Å². The molecule has 126 valence electrons. The topological polar surface area (TPSA) is 93.5 Å². The van der Waals surface area contributed by atoms with Gasteiger partial charge in [0.15, 0.2) is 6.10 Å². The first-order chi connectivity index (χ1) is 11.5. The van der Waals surface area contributed by atoms with Gasteiger partial charge in [0.05, 0.1) is 11.7 Å². The van der Waals surface area contributed by atoms with Crippen molar-refractivity contribution >= 4 is 11.9 Å². The van der Waals surface area contributed by atoms with Crippen molar-refractivity contribution in [1.82, 2.24) is 15.1 Å². The van der Waals surface area contributed by atoms with Crippen molar-refractivity contribution < 1.29 is 19.4 Å². The van der Waals surface area contributed by atoms with Crippen LogP contribution in [0.25, 0.3) is 5.69 Å². The quantitative estimate of drug-likeness (QED) is 0.870. The molecular formula is C17H19N3O4. The Morgan fingerprint density at radius 3 is 2.58 bits per heavy atom. The van der Waals surface area contributed by atoms with Gasteiger partial charge in [0.1, 0.15) is 6.10 Å². The maximum absolute atomic E-state index is 12.2. The minimum Gasteiger partial charge on any atom is -0.479 e. The first-order valence-corrected chi connectivity index (χ1v) is 7.83. The van der Waals surface area contributed by atoms with Crippen LogP contribution in [0.1, 0.15) is 31.4 Å². The molecule has 1 unspecified atom stereocenters. The number of hydrogen-bond donors (Lipinski definition) is 2. The van der Waals surface area contributed by atoms with Crippen LogP contribution in [-0.2, 0) is 14.3 Å². The van der Waals surface area contributed by atoms with E-state index >= 15 is 0 Å². The van der Waals surface area contributed by atoms with Gasteiger partial charge in [-0.25, -0.2) is 9.48 Å². The van der Waals surface area contributed by atoms with Crippen LogP contribution in [0.5, 0.6) is 0 Å². The predicted octanol–water partition coefficient (Wildman–Crippen LogP) is 1.68. The molecular weight excluding hydrogens is 310 g/mol. The van der Waals surface area contributed by atoms with Crippen LogP contribution in [0.4, 0.5) is 0 Å². The lowest BCUT2D eigenvalue weighted by Gasteiger charge is -2.18. The summed E-state index contributed by atoms with van der Waals surface area (Å²) in [5.41, 5.74) is 1.89. The van der Waals surface area contributed by atoms with E-state index in [9.17, 15) is 9.59 Å². The molecule has 0 bridgehead atoms. The number of nitrogens with one attached hydrogen (secondary N) is 1. The third-order valence-electron chi connectivity index (χ3n) is 4.11. The summed E-state index contributed by atoms with van der Waals surface area (Å²) in [5, 5.41) is 16.0. The molecule has 0 aliphatic carbocycles. The molecule has 0 saturated carbocycles. The van der Waals surface area contributed by atoms with Crippen molar-refractivity contribution in [3.05, 3.63) is 48.3 Å². The average molecular weight is 329 g/mol. The molecule has 1 fully saturated rings. The fraction of sp³-hybridized carbons (Fsp3) is 0.353. The van der Waals surface area contributed by atoms with Gasteiger partial charge < -0.3 is 15.2 Å². The highest BCUT2D eigenvalue weighted by atomic mass is 16.5. The molecule has 1 amide bonds. The number of carbonyl (C=O) groups excluding carboxylic acids is 1. The third-order valence-corrected chi connectivity index (χ3v) is 4.11. The third kappa shape index (κ3) is 3.46. The Morgan fingerprint density at radius 2 is 2.00 bits per heavy atom. The number of ether oxygens (including phenoxy) is 1. The maximum atomic E-state index is 12.2. The second-order valence-corrected chi connectivity index (χ2v) is 5.80. The van der Waals surface area contributed by atoms with Gasteiger partial charge in [-0.15, -0.1) is 0 Å². The van der Waals surface area contributed by atoms with E-state index in [-0.39, 0.29) is 11.9 Å². The molecule has 7 nitrogen and oxygen atoms in total. The number of nitrogens with zero attached hydrogens (tertiary/aromatic N) is 2. The van der Waals surface area contributed by atoms with Gasteiger partial charge in [-0.1, -0.05) is 12.1 Å². The Labute approximate surface area is 139 Å². The van der Waals surface area contributed by atoms with Crippen LogP contribution in [0.2, 0.25) is 0 Å². The first kappa shape index (κ1) is 16.2. The Bertz CT molecular complexity index is 712. The number of carbonyl (C=O) groups is 2. The number of carboxylic acid groups (broad SMARTS) is 1. The zero-order chi connectivity index (χ0) is 17.1. The minimum atomic E-state index is -1.02. The Morgan fingerprint density at radius 1 is 1.29 bits per heavy atom. The van der Waals surface area contributed by atoms with E-state index in [0.29, 0.717) is 12.8 Å². The fourth-order valence-corrected chi connectivity index (χ4v) is 2.74. The van der Waals surface area contributed by atoms with E-state index in [2.05, 4.69) is 10.4 Å². The number of amides is 1. The Balaban J connectivity index is 1.59. The second-order valence-electron chi connectivity index (χ2n) is 5.80. The van der Waals surface area contributed by atoms with E-state index in [4.69, 9.17) is 9.84 Å². The zero-order valence-corrected chi connectivity index (χ0v) is 13.3. The van der Waals surface area contributed by atoms with Crippen molar-refractivity contribution in [3.63, 3.8) is 0 Å². The molecule has 7 heteroatoms. The van der Waals surface area contributed by atoms with Gasteiger partial charge in [0, 0.05) is 12.4 Å². The number of benzene rings is 1. The second kappa shape index (κ2) is 6.84. The van der Waals surface area contributed by atoms with E-state index in [1.165, 1.54) is 0 Å². The van der Waals surface area contributed by atoms with Crippen molar-refractivity contribution in [2.24, 2.45) is 0 Å². The lowest BCUT2D eigenvalue weighted by Crippen LogP contribution is -2.37. The molecule has 1 saturated heterocycles. The molecule has 2 aromatic rings. The highest BCUT2D eigenvalue weighted by molar-refractivity contribution is 5.83. The molecule has 1 aliphatic heterocycles. The predicted molar refractivity (Wildman–Crippen MR) is 85.7 cm³/mol. The zero-order valence-electron chi connectivity index (χ0n) is 13.3. The van der Waals surface area contributed by atoms with Gasteiger partial charge in [-0.2, -0.15) is 5.10 Å². The first-order valence-electron chi connectivity index (χ1n) is 7.83. The summed E-state index contributed by atoms with van der Waals surface area (Å²) >= 11 is 0. The lowest BCUT2D eigenvalue weighted by molar-refractivity contribution is -0.151. The largest absolute Gasteiger partial charge is 0.479 e. The van der Waals surface area contributed by atoms with Crippen molar-refractivity contribution in [1.29, 1.82) is 0 Å². The Kier molecular flexibility index (Phi) is 4.61.